The summed E-state index contributed by atoms with van der Waals surface area (Å²) < 4.78 is 15.8. The minimum absolute atomic E-state index is 0.0219. The quantitative estimate of drug-likeness (QED) is 0.430. The molecule has 0 saturated carbocycles. The van der Waals surface area contributed by atoms with Crippen LogP contribution < -0.4 is 19.6 Å². The standard InChI is InChI=1S/C17H13Cl2N3O6/c1-9(28-14-3-2-11(18)5-12(14)19)17(23)21-20-7-10-4-15-16(27-8-26-15)6-13(10)22(24)25/h2-7,9H,8H2,1H3,(H,21,23)/b20-7-/t9-/m1/s1. The molecule has 0 saturated heterocycles. The highest BCUT2D eigenvalue weighted by Gasteiger charge is 2.22. The molecule has 11 heteroatoms. The molecule has 9 nitrogen and oxygen atoms in total. The molecule has 0 radical (unpaired) electrons. The second-order valence-corrected chi connectivity index (χ2v) is 6.43. The van der Waals surface area contributed by atoms with E-state index in [-0.39, 0.29) is 34.6 Å². The molecule has 0 spiro atoms. The fraction of sp³-hybridized carbons (Fsp3) is 0.176. The highest BCUT2D eigenvalue weighted by atomic mass is 35.5. The van der Waals surface area contributed by atoms with Crippen molar-refractivity contribution in [3.63, 3.8) is 0 Å². The van der Waals surface area contributed by atoms with E-state index in [2.05, 4.69) is 10.5 Å². The lowest BCUT2D eigenvalue weighted by atomic mass is 10.1. The van der Waals surface area contributed by atoms with Gasteiger partial charge in [0.15, 0.2) is 17.6 Å². The van der Waals surface area contributed by atoms with E-state index in [1.807, 2.05) is 0 Å². The van der Waals surface area contributed by atoms with Gasteiger partial charge in [-0.2, -0.15) is 5.10 Å². The summed E-state index contributed by atoms with van der Waals surface area (Å²) in [5, 5.41) is 15.6. The average molecular weight is 426 g/mol. The van der Waals surface area contributed by atoms with Gasteiger partial charge in [0.1, 0.15) is 5.75 Å². The highest BCUT2D eigenvalue weighted by Crippen LogP contribution is 2.37. The maximum absolute atomic E-state index is 12.1. The van der Waals surface area contributed by atoms with E-state index < -0.39 is 16.9 Å². The van der Waals surface area contributed by atoms with Crippen molar-refractivity contribution >= 4 is 41.0 Å². The van der Waals surface area contributed by atoms with Gasteiger partial charge in [0.05, 0.1) is 27.8 Å². The van der Waals surface area contributed by atoms with Gasteiger partial charge in [-0.1, -0.05) is 23.2 Å². The first-order chi connectivity index (χ1) is 13.3. The monoisotopic (exact) mass is 425 g/mol. The van der Waals surface area contributed by atoms with Gasteiger partial charge in [0, 0.05) is 5.02 Å². The van der Waals surface area contributed by atoms with Crippen LogP contribution >= 0.6 is 23.2 Å². The van der Waals surface area contributed by atoms with Crippen LogP contribution in [0.2, 0.25) is 10.0 Å². The lowest BCUT2D eigenvalue weighted by molar-refractivity contribution is -0.385. The molecule has 2 aromatic carbocycles. The Balaban J connectivity index is 1.67. The van der Waals surface area contributed by atoms with Gasteiger partial charge >= 0.3 is 0 Å². The van der Waals surface area contributed by atoms with Crippen LogP contribution in [0.1, 0.15) is 12.5 Å². The fourth-order valence-corrected chi connectivity index (χ4v) is 2.73. The Bertz CT molecular complexity index is 966. The van der Waals surface area contributed by atoms with Gasteiger partial charge in [0.25, 0.3) is 11.6 Å². The zero-order chi connectivity index (χ0) is 20.3. The SMILES string of the molecule is C[C@@H](Oc1ccc(Cl)cc1Cl)C(=O)N/N=C\c1cc2c(cc1[N+](=O)[O-])OCO2. The molecule has 146 valence electrons. The largest absolute Gasteiger partial charge is 0.479 e. The summed E-state index contributed by atoms with van der Waals surface area (Å²) in [5.74, 6) is 0.331. The van der Waals surface area contributed by atoms with Crippen LogP contribution in [0, 0.1) is 10.1 Å². The van der Waals surface area contributed by atoms with Crippen LogP contribution in [0.5, 0.6) is 17.2 Å². The molecule has 1 N–H and O–H groups in total. The molecular formula is C17H13Cl2N3O6. The maximum atomic E-state index is 12.1. The lowest BCUT2D eigenvalue weighted by Gasteiger charge is -2.14. The summed E-state index contributed by atoms with van der Waals surface area (Å²) in [5.41, 5.74) is 2.16. The van der Waals surface area contributed by atoms with Crippen LogP contribution in [0.15, 0.2) is 35.4 Å². The summed E-state index contributed by atoms with van der Waals surface area (Å²) in [6, 6.07) is 7.24. The molecule has 0 unspecified atom stereocenters. The first kappa shape index (κ1) is 19.7. The van der Waals surface area contributed by atoms with Crippen molar-refractivity contribution in [3.05, 3.63) is 56.1 Å². The number of hydrazone groups is 1. The van der Waals surface area contributed by atoms with E-state index in [9.17, 15) is 14.9 Å². The van der Waals surface area contributed by atoms with Gasteiger partial charge in [-0.15, -0.1) is 0 Å². The molecule has 0 aromatic heterocycles. The summed E-state index contributed by atoms with van der Waals surface area (Å²) in [6.07, 6.45) is 0.211. The summed E-state index contributed by atoms with van der Waals surface area (Å²) in [4.78, 5) is 22.7. The van der Waals surface area contributed by atoms with E-state index in [0.29, 0.717) is 10.8 Å². The van der Waals surface area contributed by atoms with Crippen LogP contribution in [0.3, 0.4) is 0 Å². The van der Waals surface area contributed by atoms with Crippen LogP contribution in [0.4, 0.5) is 5.69 Å². The van der Waals surface area contributed by atoms with Crippen molar-refractivity contribution in [1.82, 2.24) is 5.43 Å². The number of hydrogen-bond acceptors (Lipinski definition) is 7. The number of rotatable bonds is 6. The Hall–Kier alpha value is -3.04. The first-order valence-electron chi connectivity index (χ1n) is 7.88. The zero-order valence-corrected chi connectivity index (χ0v) is 15.9. The number of hydrogen-bond donors (Lipinski definition) is 1. The number of halogens is 2. The van der Waals surface area contributed by atoms with Crippen LogP contribution in [-0.2, 0) is 4.79 Å². The van der Waals surface area contributed by atoms with Crippen molar-refractivity contribution < 1.29 is 23.9 Å². The topological polar surface area (TPSA) is 112 Å². The molecule has 28 heavy (non-hydrogen) atoms. The third-order valence-corrected chi connectivity index (χ3v) is 4.19. The lowest BCUT2D eigenvalue weighted by Crippen LogP contribution is -2.33. The van der Waals surface area contributed by atoms with Gasteiger partial charge in [-0.05, 0) is 31.2 Å². The second kappa shape index (κ2) is 8.32. The number of carbonyl (C=O) groups excluding carboxylic acids is 1. The van der Waals surface area contributed by atoms with Gasteiger partial charge in [-0.3, -0.25) is 14.9 Å². The van der Waals surface area contributed by atoms with E-state index in [1.54, 1.807) is 6.07 Å². The molecule has 0 bridgehead atoms. The van der Waals surface area contributed by atoms with E-state index in [4.69, 9.17) is 37.4 Å². The number of nitro groups is 1. The molecule has 3 rings (SSSR count). The van der Waals surface area contributed by atoms with Crippen molar-refractivity contribution in [3.8, 4) is 17.2 Å². The van der Waals surface area contributed by atoms with Crippen molar-refractivity contribution in [2.75, 3.05) is 6.79 Å². The first-order valence-corrected chi connectivity index (χ1v) is 8.63. The van der Waals surface area contributed by atoms with Gasteiger partial charge < -0.3 is 14.2 Å². The molecule has 2 aromatic rings. The third-order valence-electron chi connectivity index (χ3n) is 3.66. The van der Waals surface area contributed by atoms with E-state index in [0.717, 1.165) is 6.21 Å². The Morgan fingerprint density at radius 2 is 2.04 bits per heavy atom. The Labute approximate surface area is 168 Å². The number of nitrogens with one attached hydrogen (secondary N) is 1. The smallest absolute Gasteiger partial charge is 0.282 e. The normalized spacial score (nSPS) is 13.4. The molecule has 1 aliphatic heterocycles. The number of nitrogens with zero attached hydrogens (tertiary/aromatic N) is 2. The van der Waals surface area contributed by atoms with E-state index in [1.165, 1.54) is 31.2 Å². The fourth-order valence-electron chi connectivity index (χ4n) is 2.28. The Kier molecular flexibility index (Phi) is 5.86. The number of fused-ring (bicyclic) bond motifs is 1. The third kappa shape index (κ3) is 4.44. The summed E-state index contributed by atoms with van der Waals surface area (Å²) in [6.45, 7) is 1.48. The number of nitro benzene ring substituents is 1. The average Bonchev–Trinajstić information content (AvgIpc) is 3.10. The number of carbonyl (C=O) groups is 1. The van der Waals surface area contributed by atoms with Gasteiger partial charge in [0.2, 0.25) is 6.79 Å². The predicted octanol–water partition coefficient (Wildman–Crippen LogP) is 3.55. The Morgan fingerprint density at radius 3 is 2.71 bits per heavy atom. The maximum Gasteiger partial charge on any atom is 0.282 e. The predicted molar refractivity (Wildman–Crippen MR) is 102 cm³/mol. The molecule has 0 fully saturated rings. The summed E-state index contributed by atoms with van der Waals surface area (Å²) >= 11 is 11.8. The molecule has 1 aliphatic rings. The van der Waals surface area contributed by atoms with E-state index >= 15 is 0 Å². The minimum Gasteiger partial charge on any atom is -0.479 e. The second-order valence-electron chi connectivity index (χ2n) is 5.59. The molecule has 0 aliphatic carbocycles. The number of amides is 1. The molecule has 1 atom stereocenters. The van der Waals surface area contributed by atoms with Gasteiger partial charge in [-0.25, -0.2) is 5.43 Å². The number of benzene rings is 2. The zero-order valence-electron chi connectivity index (χ0n) is 14.3. The highest BCUT2D eigenvalue weighted by molar-refractivity contribution is 6.35. The van der Waals surface area contributed by atoms with Crippen LogP contribution in [0.25, 0.3) is 0 Å². The molecule has 1 heterocycles. The number of ether oxygens (including phenoxy) is 3. The Morgan fingerprint density at radius 1 is 1.32 bits per heavy atom. The summed E-state index contributed by atoms with van der Waals surface area (Å²) in [7, 11) is 0. The molecule has 1 amide bonds. The van der Waals surface area contributed by atoms with Crippen molar-refractivity contribution in [2.24, 2.45) is 5.10 Å². The van der Waals surface area contributed by atoms with Crippen LogP contribution in [-0.4, -0.2) is 29.9 Å². The molecular weight excluding hydrogens is 413 g/mol. The minimum atomic E-state index is -0.928. The van der Waals surface area contributed by atoms with Crippen molar-refractivity contribution in [2.45, 2.75) is 13.0 Å². The van der Waals surface area contributed by atoms with Crippen molar-refractivity contribution in [1.29, 1.82) is 0 Å².